The first-order valence-corrected chi connectivity index (χ1v) is 7.51. The van der Waals surface area contributed by atoms with Crippen molar-refractivity contribution in [3.8, 4) is 0 Å². The van der Waals surface area contributed by atoms with E-state index in [1.165, 1.54) is 30.4 Å². The molecule has 0 aliphatic carbocycles. The van der Waals surface area contributed by atoms with Gasteiger partial charge >= 0.3 is 0 Å². The van der Waals surface area contributed by atoms with E-state index in [1.54, 1.807) is 0 Å². The van der Waals surface area contributed by atoms with Gasteiger partial charge in [-0.2, -0.15) is 0 Å². The number of rotatable bonds is 0. The highest BCUT2D eigenvalue weighted by Crippen LogP contribution is 2.50. The van der Waals surface area contributed by atoms with Crippen LogP contribution in [-0.2, 0) is 0 Å². The first-order valence-electron chi connectivity index (χ1n) is 5.88. The third kappa shape index (κ3) is 1.57. The number of hydrogen-bond acceptors (Lipinski definition) is 2. The fraction of sp³-hybridized carbons (Fsp3) is 0. The molecular weight excluding hydrogens is 256 g/mol. The number of fused-ring (bicyclic) bond motifs is 4. The van der Waals surface area contributed by atoms with Crippen LogP contribution in [0.15, 0.2) is 80.2 Å². The minimum atomic E-state index is 1.32. The summed E-state index contributed by atoms with van der Waals surface area (Å²) in [6.07, 6.45) is 0. The molecule has 0 spiro atoms. The van der Waals surface area contributed by atoms with Crippen molar-refractivity contribution in [3.05, 3.63) is 60.7 Å². The van der Waals surface area contributed by atoms with Gasteiger partial charge in [0.15, 0.2) is 0 Å². The summed E-state index contributed by atoms with van der Waals surface area (Å²) in [5, 5.41) is 2.69. The Morgan fingerprint density at radius 1 is 0.556 bits per heavy atom. The van der Waals surface area contributed by atoms with Gasteiger partial charge in [0.25, 0.3) is 0 Å². The van der Waals surface area contributed by atoms with Crippen LogP contribution in [0, 0.1) is 0 Å². The second-order valence-corrected chi connectivity index (χ2v) is 6.40. The van der Waals surface area contributed by atoms with Gasteiger partial charge in [0.1, 0.15) is 0 Å². The molecule has 0 saturated carbocycles. The summed E-state index contributed by atoms with van der Waals surface area (Å²) in [7, 11) is 0. The van der Waals surface area contributed by atoms with Gasteiger partial charge in [-0.25, -0.2) is 0 Å². The monoisotopic (exact) mass is 266 g/mol. The first-order chi connectivity index (χ1) is 8.92. The van der Waals surface area contributed by atoms with Crippen LogP contribution in [0.5, 0.6) is 0 Å². The lowest BCUT2D eigenvalue weighted by molar-refractivity contribution is 1.18. The second-order valence-electron chi connectivity index (χ2n) is 4.26. The standard InChI is InChI=1S/C16H10S2/c1-2-6-12-11(5-1)9-10-15-16(12)18-14-8-4-3-7-13(14)17-15/h1-10H. The second kappa shape index (κ2) is 4.08. The van der Waals surface area contributed by atoms with Crippen LogP contribution in [0.3, 0.4) is 0 Å². The molecule has 4 rings (SSSR count). The van der Waals surface area contributed by atoms with Crippen LogP contribution in [-0.4, -0.2) is 0 Å². The smallest absolute Gasteiger partial charge is 0.0340 e. The maximum absolute atomic E-state index is 2.24. The quantitative estimate of drug-likeness (QED) is 0.415. The summed E-state index contributed by atoms with van der Waals surface area (Å²) in [5.41, 5.74) is 0. The molecule has 0 amide bonds. The van der Waals surface area contributed by atoms with Crippen molar-refractivity contribution in [2.75, 3.05) is 0 Å². The van der Waals surface area contributed by atoms with Gasteiger partial charge in [-0.3, -0.25) is 0 Å². The van der Waals surface area contributed by atoms with E-state index in [0.717, 1.165) is 0 Å². The number of benzene rings is 3. The zero-order valence-electron chi connectivity index (χ0n) is 9.59. The molecule has 0 saturated heterocycles. The molecule has 1 aliphatic heterocycles. The molecule has 86 valence electrons. The summed E-state index contributed by atoms with van der Waals surface area (Å²) in [5.74, 6) is 0. The third-order valence-corrected chi connectivity index (χ3v) is 5.74. The normalized spacial score (nSPS) is 13.1. The molecule has 0 N–H and O–H groups in total. The van der Waals surface area contributed by atoms with E-state index >= 15 is 0 Å². The van der Waals surface area contributed by atoms with Crippen LogP contribution in [0.2, 0.25) is 0 Å². The lowest BCUT2D eigenvalue weighted by Gasteiger charge is -2.19. The van der Waals surface area contributed by atoms with E-state index < -0.39 is 0 Å². The van der Waals surface area contributed by atoms with Crippen molar-refractivity contribution >= 4 is 34.3 Å². The number of hydrogen-bond donors (Lipinski definition) is 0. The summed E-state index contributed by atoms with van der Waals surface area (Å²) >= 11 is 3.77. The van der Waals surface area contributed by atoms with E-state index in [4.69, 9.17) is 0 Å². The van der Waals surface area contributed by atoms with Gasteiger partial charge in [0.2, 0.25) is 0 Å². The third-order valence-electron chi connectivity index (χ3n) is 3.12. The average Bonchev–Trinajstić information content (AvgIpc) is 2.45. The molecule has 3 aromatic carbocycles. The van der Waals surface area contributed by atoms with E-state index in [9.17, 15) is 0 Å². The predicted molar refractivity (Wildman–Crippen MR) is 78.6 cm³/mol. The summed E-state index contributed by atoms with van der Waals surface area (Å²) in [6, 6.07) is 21.7. The van der Waals surface area contributed by atoms with Crippen molar-refractivity contribution in [1.29, 1.82) is 0 Å². The Bertz CT molecular complexity index is 747. The zero-order valence-corrected chi connectivity index (χ0v) is 11.2. The minimum Gasteiger partial charge on any atom is -0.0877 e. The Balaban J connectivity index is 1.98. The molecule has 3 aromatic rings. The van der Waals surface area contributed by atoms with Crippen molar-refractivity contribution in [3.63, 3.8) is 0 Å². The van der Waals surface area contributed by atoms with Crippen molar-refractivity contribution in [2.24, 2.45) is 0 Å². The lowest BCUT2D eigenvalue weighted by atomic mass is 10.1. The summed E-state index contributed by atoms with van der Waals surface area (Å²) < 4.78 is 0. The van der Waals surface area contributed by atoms with E-state index in [1.807, 2.05) is 23.5 Å². The van der Waals surface area contributed by atoms with Crippen molar-refractivity contribution in [1.82, 2.24) is 0 Å². The molecule has 0 fully saturated rings. The van der Waals surface area contributed by atoms with Gasteiger partial charge in [0.05, 0.1) is 0 Å². The molecule has 2 heteroatoms. The maximum Gasteiger partial charge on any atom is 0.0340 e. The highest BCUT2D eigenvalue weighted by Gasteiger charge is 2.18. The van der Waals surface area contributed by atoms with E-state index in [2.05, 4.69) is 60.7 Å². The molecule has 0 nitrogen and oxygen atoms in total. The van der Waals surface area contributed by atoms with Crippen LogP contribution in [0.1, 0.15) is 0 Å². The topological polar surface area (TPSA) is 0 Å². The Labute approximate surface area is 114 Å². The van der Waals surface area contributed by atoms with Gasteiger partial charge < -0.3 is 0 Å². The van der Waals surface area contributed by atoms with Gasteiger partial charge in [-0.05, 0) is 29.0 Å². The maximum atomic E-state index is 2.24. The van der Waals surface area contributed by atoms with Crippen LogP contribution in [0.4, 0.5) is 0 Å². The fourth-order valence-corrected chi connectivity index (χ4v) is 4.65. The van der Waals surface area contributed by atoms with E-state index in [0.29, 0.717) is 0 Å². The SMILES string of the molecule is c1ccc2c(c1)Sc1ccc3ccccc3c1S2. The summed E-state index contributed by atoms with van der Waals surface area (Å²) in [4.78, 5) is 5.51. The zero-order chi connectivity index (χ0) is 11.9. The van der Waals surface area contributed by atoms with Crippen LogP contribution < -0.4 is 0 Å². The van der Waals surface area contributed by atoms with Gasteiger partial charge in [-0.15, -0.1) is 0 Å². The van der Waals surface area contributed by atoms with E-state index in [-0.39, 0.29) is 0 Å². The average molecular weight is 266 g/mol. The largest absolute Gasteiger partial charge is 0.0877 e. The van der Waals surface area contributed by atoms with Crippen molar-refractivity contribution in [2.45, 2.75) is 19.6 Å². The molecule has 1 heterocycles. The molecule has 0 aromatic heterocycles. The minimum absolute atomic E-state index is 1.32. The molecular formula is C16H10S2. The Morgan fingerprint density at radius 3 is 2.17 bits per heavy atom. The molecule has 0 bridgehead atoms. The molecule has 18 heavy (non-hydrogen) atoms. The first kappa shape index (κ1) is 10.5. The summed E-state index contributed by atoms with van der Waals surface area (Å²) in [6.45, 7) is 0. The Hall–Kier alpha value is -1.38. The lowest BCUT2D eigenvalue weighted by Crippen LogP contribution is -1.90. The molecule has 0 unspecified atom stereocenters. The van der Waals surface area contributed by atoms with Gasteiger partial charge in [0, 0.05) is 19.6 Å². The van der Waals surface area contributed by atoms with Gasteiger partial charge in [-0.1, -0.05) is 66.0 Å². The highest BCUT2D eigenvalue weighted by molar-refractivity contribution is 8.05. The van der Waals surface area contributed by atoms with Crippen LogP contribution >= 0.6 is 23.5 Å². The Morgan fingerprint density at radius 2 is 1.28 bits per heavy atom. The van der Waals surface area contributed by atoms with Crippen molar-refractivity contribution < 1.29 is 0 Å². The van der Waals surface area contributed by atoms with Crippen LogP contribution in [0.25, 0.3) is 10.8 Å². The molecule has 0 atom stereocenters. The predicted octanol–water partition coefficient (Wildman–Crippen LogP) is 5.46. The molecule has 0 radical (unpaired) electrons. The molecule has 1 aliphatic rings. The highest BCUT2D eigenvalue weighted by atomic mass is 32.2. The Kier molecular flexibility index (Phi) is 2.39. The fourth-order valence-electron chi connectivity index (χ4n) is 2.26.